The van der Waals surface area contributed by atoms with Crippen LogP contribution in [-0.4, -0.2) is 18.0 Å². The molecule has 1 aromatic rings. The van der Waals surface area contributed by atoms with Crippen molar-refractivity contribution in [1.82, 2.24) is 4.90 Å². The van der Waals surface area contributed by atoms with E-state index in [1.165, 1.54) is 25.1 Å². The zero-order valence-corrected chi connectivity index (χ0v) is 10.3. The minimum absolute atomic E-state index is 0.815. The zero-order valence-electron chi connectivity index (χ0n) is 10.3. The highest BCUT2D eigenvalue weighted by Crippen LogP contribution is 2.23. The quantitative estimate of drug-likeness (QED) is 0.773. The van der Waals surface area contributed by atoms with Crippen LogP contribution in [0.4, 0.5) is 5.69 Å². The summed E-state index contributed by atoms with van der Waals surface area (Å²) in [6.07, 6.45) is 1.32. The van der Waals surface area contributed by atoms with Gasteiger partial charge in [-0.15, -0.1) is 0 Å². The third-order valence-electron chi connectivity index (χ3n) is 3.78. The van der Waals surface area contributed by atoms with Crippen molar-refractivity contribution in [2.45, 2.75) is 26.8 Å². The molecule has 2 N–H and O–H groups in total. The summed E-state index contributed by atoms with van der Waals surface area (Å²) in [7, 11) is 0. The van der Waals surface area contributed by atoms with Crippen molar-refractivity contribution in [1.29, 1.82) is 0 Å². The van der Waals surface area contributed by atoms with Gasteiger partial charge in [0.15, 0.2) is 0 Å². The van der Waals surface area contributed by atoms with Gasteiger partial charge in [0.1, 0.15) is 0 Å². The molecule has 1 heterocycles. The summed E-state index contributed by atoms with van der Waals surface area (Å²) in [5.74, 6) is 1.69. The molecule has 0 aliphatic carbocycles. The van der Waals surface area contributed by atoms with Crippen molar-refractivity contribution in [2.24, 2.45) is 11.8 Å². The van der Waals surface area contributed by atoms with Gasteiger partial charge in [-0.1, -0.05) is 26.0 Å². The van der Waals surface area contributed by atoms with Crippen LogP contribution in [-0.2, 0) is 6.54 Å². The number of nitrogens with zero attached hydrogens (tertiary/aromatic N) is 1. The third-order valence-corrected chi connectivity index (χ3v) is 3.78. The normalized spacial score (nSPS) is 26.9. The maximum absolute atomic E-state index is 5.79. The number of hydrogen-bond donors (Lipinski definition) is 1. The first-order chi connectivity index (χ1) is 7.65. The van der Waals surface area contributed by atoms with Gasteiger partial charge in [-0.25, -0.2) is 0 Å². The monoisotopic (exact) mass is 218 g/mol. The van der Waals surface area contributed by atoms with Crippen LogP contribution < -0.4 is 5.73 Å². The van der Waals surface area contributed by atoms with Crippen molar-refractivity contribution < 1.29 is 0 Å². The highest BCUT2D eigenvalue weighted by Gasteiger charge is 2.22. The molecule has 2 heteroatoms. The van der Waals surface area contributed by atoms with Crippen LogP contribution in [0, 0.1) is 11.8 Å². The third kappa shape index (κ3) is 2.76. The van der Waals surface area contributed by atoms with E-state index in [9.17, 15) is 0 Å². The van der Waals surface area contributed by atoms with E-state index in [0.717, 1.165) is 24.1 Å². The van der Waals surface area contributed by atoms with Crippen molar-refractivity contribution in [2.75, 3.05) is 18.8 Å². The van der Waals surface area contributed by atoms with E-state index in [1.54, 1.807) is 0 Å². The summed E-state index contributed by atoms with van der Waals surface area (Å²) in [5, 5.41) is 0. The van der Waals surface area contributed by atoms with Crippen LogP contribution in [0.1, 0.15) is 25.8 Å². The Morgan fingerprint density at radius 2 is 2.12 bits per heavy atom. The second kappa shape index (κ2) is 4.88. The predicted molar refractivity (Wildman–Crippen MR) is 69.1 cm³/mol. The number of benzene rings is 1. The largest absolute Gasteiger partial charge is 0.399 e. The average molecular weight is 218 g/mol. The van der Waals surface area contributed by atoms with E-state index < -0.39 is 0 Å². The molecule has 1 aliphatic rings. The van der Waals surface area contributed by atoms with E-state index in [4.69, 9.17) is 5.73 Å². The Balaban J connectivity index is 1.95. The molecule has 2 rings (SSSR count). The zero-order chi connectivity index (χ0) is 11.5. The Morgan fingerprint density at radius 3 is 2.81 bits per heavy atom. The Morgan fingerprint density at radius 1 is 1.31 bits per heavy atom. The number of nitrogens with two attached hydrogens (primary N) is 1. The first-order valence-electron chi connectivity index (χ1n) is 6.22. The molecule has 0 bridgehead atoms. The van der Waals surface area contributed by atoms with Gasteiger partial charge >= 0.3 is 0 Å². The maximum Gasteiger partial charge on any atom is 0.0317 e. The molecule has 88 valence electrons. The smallest absolute Gasteiger partial charge is 0.0317 e. The lowest BCUT2D eigenvalue weighted by atomic mass is 9.88. The predicted octanol–water partition coefficient (Wildman–Crippen LogP) is 2.75. The van der Waals surface area contributed by atoms with Gasteiger partial charge < -0.3 is 5.73 Å². The lowest BCUT2D eigenvalue weighted by molar-refractivity contribution is 0.132. The molecule has 0 saturated carbocycles. The van der Waals surface area contributed by atoms with Crippen LogP contribution >= 0.6 is 0 Å². The molecular formula is C14H22N2. The molecule has 0 amide bonds. The first-order valence-corrected chi connectivity index (χ1v) is 6.22. The van der Waals surface area contributed by atoms with Crippen LogP contribution in [0.3, 0.4) is 0 Å². The van der Waals surface area contributed by atoms with Crippen LogP contribution in [0.25, 0.3) is 0 Å². The summed E-state index contributed by atoms with van der Waals surface area (Å²) in [5.41, 5.74) is 8.00. The summed E-state index contributed by atoms with van der Waals surface area (Å²) in [4.78, 5) is 2.54. The van der Waals surface area contributed by atoms with Gasteiger partial charge in [-0.2, -0.15) is 0 Å². The van der Waals surface area contributed by atoms with Gasteiger partial charge in [0.05, 0.1) is 0 Å². The highest BCUT2D eigenvalue weighted by atomic mass is 15.1. The molecule has 2 atom stereocenters. The molecule has 1 aromatic carbocycles. The Bertz CT molecular complexity index is 348. The minimum Gasteiger partial charge on any atom is -0.399 e. The number of hydrogen-bond acceptors (Lipinski definition) is 2. The first kappa shape index (κ1) is 11.5. The lowest BCUT2D eigenvalue weighted by Gasteiger charge is -2.35. The van der Waals surface area contributed by atoms with Gasteiger partial charge in [0.25, 0.3) is 0 Å². The van der Waals surface area contributed by atoms with Crippen LogP contribution in [0.5, 0.6) is 0 Å². The van der Waals surface area contributed by atoms with Gasteiger partial charge in [0, 0.05) is 18.8 Å². The standard InChI is InChI=1S/C14H22N2/c1-11-6-7-16(9-12(11)2)10-13-4-3-5-14(15)8-13/h3-5,8,11-12H,6-7,9-10,15H2,1-2H3. The fraction of sp³-hybridized carbons (Fsp3) is 0.571. The molecule has 1 fully saturated rings. The Kier molecular flexibility index (Phi) is 3.49. The SMILES string of the molecule is CC1CCN(Cc2cccc(N)c2)CC1C. The maximum atomic E-state index is 5.79. The Hall–Kier alpha value is -1.02. The molecular weight excluding hydrogens is 196 g/mol. The molecule has 0 radical (unpaired) electrons. The molecule has 16 heavy (non-hydrogen) atoms. The van der Waals surface area contributed by atoms with Crippen molar-refractivity contribution in [3.8, 4) is 0 Å². The molecule has 0 spiro atoms. The van der Waals surface area contributed by atoms with Crippen LogP contribution in [0.2, 0.25) is 0 Å². The number of rotatable bonds is 2. The molecule has 0 aromatic heterocycles. The minimum atomic E-state index is 0.815. The van der Waals surface area contributed by atoms with E-state index in [0.29, 0.717) is 0 Å². The highest BCUT2D eigenvalue weighted by molar-refractivity contribution is 5.40. The number of likely N-dealkylation sites (tertiary alicyclic amines) is 1. The van der Waals surface area contributed by atoms with Gasteiger partial charge in [-0.05, 0) is 42.5 Å². The Labute approximate surface area is 98.4 Å². The molecule has 1 aliphatic heterocycles. The molecule has 1 saturated heterocycles. The number of nitrogen functional groups attached to an aromatic ring is 1. The van der Waals surface area contributed by atoms with E-state index in [1.807, 2.05) is 12.1 Å². The van der Waals surface area contributed by atoms with E-state index >= 15 is 0 Å². The fourth-order valence-electron chi connectivity index (χ4n) is 2.44. The number of anilines is 1. The summed E-state index contributed by atoms with van der Waals surface area (Å²) in [6.45, 7) is 8.21. The topological polar surface area (TPSA) is 29.3 Å². The average Bonchev–Trinajstić information content (AvgIpc) is 2.24. The van der Waals surface area contributed by atoms with E-state index in [-0.39, 0.29) is 0 Å². The fourth-order valence-corrected chi connectivity index (χ4v) is 2.44. The second-order valence-electron chi connectivity index (χ2n) is 5.22. The second-order valence-corrected chi connectivity index (χ2v) is 5.22. The molecule has 2 unspecified atom stereocenters. The molecule has 2 nitrogen and oxygen atoms in total. The van der Waals surface area contributed by atoms with Crippen LogP contribution in [0.15, 0.2) is 24.3 Å². The van der Waals surface area contributed by atoms with Crippen molar-refractivity contribution in [3.63, 3.8) is 0 Å². The van der Waals surface area contributed by atoms with E-state index in [2.05, 4.69) is 30.9 Å². The van der Waals surface area contributed by atoms with Crippen molar-refractivity contribution in [3.05, 3.63) is 29.8 Å². The summed E-state index contributed by atoms with van der Waals surface area (Å²) < 4.78 is 0. The summed E-state index contributed by atoms with van der Waals surface area (Å²) in [6, 6.07) is 8.24. The van der Waals surface area contributed by atoms with Gasteiger partial charge in [-0.3, -0.25) is 4.90 Å². The number of piperidine rings is 1. The van der Waals surface area contributed by atoms with Gasteiger partial charge in [0.2, 0.25) is 0 Å². The van der Waals surface area contributed by atoms with Crippen molar-refractivity contribution >= 4 is 5.69 Å². The lowest BCUT2D eigenvalue weighted by Crippen LogP contribution is -2.37. The summed E-state index contributed by atoms with van der Waals surface area (Å²) >= 11 is 0.